The molecule has 2 amide bonds. The van der Waals surface area contributed by atoms with E-state index in [1.807, 2.05) is 57.2 Å². The summed E-state index contributed by atoms with van der Waals surface area (Å²) in [5.41, 5.74) is 6.32. The standard InChI is InChI=1S/C39H40N2O7.C2H6/c1-3-47-36-21-30(46-2)18-17-29(36)23-41(24-37(42)40-19-9-12-28(22-40)26-10-8-11-27(20-26)38(43)44)39(45)48-25-35-33-15-6-4-13-31(33)32-14-5-7-16-34(32)35;1-2/h4-8,10-11,13-18,20-21,28,35H,3,9,12,19,22-25H2,1-2H3,(H,43,44);1-2H3. The molecular weight excluding hydrogens is 632 g/mol. The lowest BCUT2D eigenvalue weighted by Gasteiger charge is -2.34. The lowest BCUT2D eigenvalue weighted by Crippen LogP contribution is -2.46. The van der Waals surface area contributed by atoms with E-state index in [0.717, 1.165) is 46.2 Å². The molecule has 0 bridgehead atoms. The molecular formula is C41H46N2O7. The van der Waals surface area contributed by atoms with E-state index in [2.05, 4.69) is 24.3 Å². The maximum atomic E-state index is 13.9. The fourth-order valence-electron chi connectivity index (χ4n) is 6.82. The molecule has 0 spiro atoms. The number of aromatic carboxylic acids is 1. The van der Waals surface area contributed by atoms with Crippen LogP contribution >= 0.6 is 0 Å². The van der Waals surface area contributed by atoms with Crippen LogP contribution in [0.4, 0.5) is 4.79 Å². The number of nitrogens with zero attached hydrogens (tertiary/aromatic N) is 2. The second-order valence-corrected chi connectivity index (χ2v) is 12.2. The number of ether oxygens (including phenoxy) is 3. The lowest BCUT2D eigenvalue weighted by atomic mass is 9.89. The first-order valence-electron chi connectivity index (χ1n) is 17.4. The number of piperidine rings is 1. The Labute approximate surface area is 294 Å². The van der Waals surface area contributed by atoms with Crippen molar-refractivity contribution in [3.8, 4) is 22.6 Å². The molecule has 9 heteroatoms. The first-order chi connectivity index (χ1) is 24.4. The molecule has 1 heterocycles. The third-order valence-electron chi connectivity index (χ3n) is 9.23. The lowest BCUT2D eigenvalue weighted by molar-refractivity contribution is -0.133. The number of fused-ring (bicyclic) bond motifs is 3. The van der Waals surface area contributed by atoms with Gasteiger partial charge in [-0.3, -0.25) is 9.69 Å². The van der Waals surface area contributed by atoms with Gasteiger partial charge in [-0.25, -0.2) is 9.59 Å². The minimum absolute atomic E-state index is 0.00366. The number of amides is 2. The number of hydrogen-bond donors (Lipinski definition) is 1. The quantitative estimate of drug-likeness (QED) is 0.172. The maximum Gasteiger partial charge on any atom is 0.410 e. The minimum Gasteiger partial charge on any atom is -0.497 e. The van der Waals surface area contributed by atoms with Gasteiger partial charge in [-0.2, -0.15) is 0 Å². The Morgan fingerprint density at radius 2 is 1.60 bits per heavy atom. The number of carbonyl (C=O) groups is 3. The average Bonchev–Trinajstić information content (AvgIpc) is 3.48. The van der Waals surface area contributed by atoms with E-state index < -0.39 is 12.1 Å². The summed E-state index contributed by atoms with van der Waals surface area (Å²) in [4.78, 5) is 42.6. The molecule has 1 N–H and O–H groups in total. The minimum atomic E-state index is -0.982. The van der Waals surface area contributed by atoms with Gasteiger partial charge in [0.25, 0.3) is 0 Å². The highest BCUT2D eigenvalue weighted by Crippen LogP contribution is 2.44. The number of carboxylic acids is 1. The monoisotopic (exact) mass is 678 g/mol. The van der Waals surface area contributed by atoms with Crippen LogP contribution in [0.1, 0.15) is 78.1 Å². The second-order valence-electron chi connectivity index (χ2n) is 12.2. The van der Waals surface area contributed by atoms with Crippen LogP contribution in [0.3, 0.4) is 0 Å². The first-order valence-corrected chi connectivity index (χ1v) is 17.4. The molecule has 50 heavy (non-hydrogen) atoms. The zero-order chi connectivity index (χ0) is 35.6. The summed E-state index contributed by atoms with van der Waals surface area (Å²) in [6, 6.07) is 28.6. The van der Waals surface area contributed by atoms with Crippen LogP contribution in [0.5, 0.6) is 11.5 Å². The van der Waals surface area contributed by atoms with Gasteiger partial charge in [0.05, 0.1) is 25.8 Å². The summed E-state index contributed by atoms with van der Waals surface area (Å²) < 4.78 is 17.3. The largest absolute Gasteiger partial charge is 0.497 e. The molecule has 1 saturated heterocycles. The van der Waals surface area contributed by atoms with E-state index in [1.165, 1.54) is 4.90 Å². The van der Waals surface area contributed by atoms with Crippen molar-refractivity contribution in [3.63, 3.8) is 0 Å². The highest BCUT2D eigenvalue weighted by molar-refractivity contribution is 5.88. The average molecular weight is 679 g/mol. The summed E-state index contributed by atoms with van der Waals surface area (Å²) in [5.74, 6) is -0.118. The van der Waals surface area contributed by atoms with E-state index in [1.54, 1.807) is 42.3 Å². The number of carboxylic acid groups (broad SMARTS) is 1. The molecule has 4 aromatic carbocycles. The smallest absolute Gasteiger partial charge is 0.410 e. The van der Waals surface area contributed by atoms with Crippen molar-refractivity contribution < 1.29 is 33.7 Å². The predicted molar refractivity (Wildman–Crippen MR) is 193 cm³/mol. The number of carbonyl (C=O) groups excluding carboxylic acids is 2. The Bertz CT molecular complexity index is 1760. The van der Waals surface area contributed by atoms with Crippen molar-refractivity contribution in [3.05, 3.63) is 119 Å². The third kappa shape index (κ3) is 8.10. The van der Waals surface area contributed by atoms with Crippen molar-refractivity contribution in [1.82, 2.24) is 9.80 Å². The van der Waals surface area contributed by atoms with Crippen molar-refractivity contribution in [2.45, 2.75) is 52.0 Å². The number of benzene rings is 4. The molecule has 1 aliphatic heterocycles. The van der Waals surface area contributed by atoms with Gasteiger partial charge in [0.1, 0.15) is 24.7 Å². The van der Waals surface area contributed by atoms with Crippen molar-refractivity contribution >= 4 is 18.0 Å². The number of rotatable bonds is 11. The zero-order valence-corrected chi connectivity index (χ0v) is 29.3. The Morgan fingerprint density at radius 1 is 0.900 bits per heavy atom. The Kier molecular flexibility index (Phi) is 12.1. The molecule has 0 radical (unpaired) electrons. The van der Waals surface area contributed by atoms with Crippen LogP contribution in [0.15, 0.2) is 91.0 Å². The molecule has 1 unspecified atom stereocenters. The summed E-state index contributed by atoms with van der Waals surface area (Å²) in [7, 11) is 1.58. The molecule has 0 aromatic heterocycles. The van der Waals surface area contributed by atoms with E-state index in [9.17, 15) is 19.5 Å². The van der Waals surface area contributed by atoms with Crippen LogP contribution in [0.25, 0.3) is 11.1 Å². The van der Waals surface area contributed by atoms with Crippen molar-refractivity contribution in [1.29, 1.82) is 0 Å². The van der Waals surface area contributed by atoms with E-state index >= 15 is 0 Å². The molecule has 4 aromatic rings. The van der Waals surface area contributed by atoms with Gasteiger partial charge >= 0.3 is 12.1 Å². The second kappa shape index (κ2) is 16.9. The Balaban J connectivity index is 0.00000239. The molecule has 262 valence electrons. The summed E-state index contributed by atoms with van der Waals surface area (Å²) in [5, 5.41) is 9.48. The topological polar surface area (TPSA) is 106 Å². The van der Waals surface area contributed by atoms with Gasteiger partial charge < -0.3 is 24.2 Å². The highest BCUT2D eigenvalue weighted by Gasteiger charge is 2.32. The van der Waals surface area contributed by atoms with E-state index in [0.29, 0.717) is 31.2 Å². The van der Waals surface area contributed by atoms with Gasteiger partial charge in [-0.05, 0) is 71.8 Å². The number of likely N-dealkylation sites (tertiary alicyclic amines) is 1. The molecule has 2 aliphatic rings. The Morgan fingerprint density at radius 3 is 2.26 bits per heavy atom. The molecule has 6 rings (SSSR count). The van der Waals surface area contributed by atoms with E-state index in [4.69, 9.17) is 14.2 Å². The van der Waals surface area contributed by atoms with Crippen LogP contribution in [-0.2, 0) is 16.1 Å². The molecule has 1 fully saturated rings. The predicted octanol–water partition coefficient (Wildman–Crippen LogP) is 7.98. The van der Waals surface area contributed by atoms with Crippen LogP contribution in [-0.4, -0.2) is 72.8 Å². The Hall–Kier alpha value is -5.31. The first kappa shape index (κ1) is 36.0. The highest BCUT2D eigenvalue weighted by atomic mass is 16.6. The van der Waals surface area contributed by atoms with Gasteiger partial charge in [-0.1, -0.05) is 74.5 Å². The fourth-order valence-corrected chi connectivity index (χ4v) is 6.82. The van der Waals surface area contributed by atoms with Gasteiger partial charge in [0.2, 0.25) is 5.91 Å². The molecule has 1 aliphatic carbocycles. The molecule has 1 atom stereocenters. The number of hydrogen-bond acceptors (Lipinski definition) is 6. The van der Waals surface area contributed by atoms with Crippen LogP contribution in [0.2, 0.25) is 0 Å². The summed E-state index contributed by atoms with van der Waals surface area (Å²) >= 11 is 0. The molecule has 0 saturated carbocycles. The number of methoxy groups -OCH3 is 1. The van der Waals surface area contributed by atoms with Gasteiger partial charge in [0.15, 0.2) is 0 Å². The normalized spacial score (nSPS) is 14.8. The summed E-state index contributed by atoms with van der Waals surface area (Å²) in [6.45, 7) is 7.34. The van der Waals surface area contributed by atoms with Crippen molar-refractivity contribution in [2.75, 3.05) is 40.0 Å². The SMILES string of the molecule is CC.CCOc1cc(OC)ccc1CN(CC(=O)N1CCCC(c2cccc(C(=O)O)c2)C1)C(=O)OCC1c2ccccc2-c2ccccc21. The third-order valence-corrected chi connectivity index (χ3v) is 9.23. The van der Waals surface area contributed by atoms with Crippen LogP contribution < -0.4 is 9.47 Å². The molecule has 9 nitrogen and oxygen atoms in total. The van der Waals surface area contributed by atoms with Crippen molar-refractivity contribution in [2.24, 2.45) is 0 Å². The van der Waals surface area contributed by atoms with Gasteiger partial charge in [0, 0.05) is 36.6 Å². The summed E-state index contributed by atoms with van der Waals surface area (Å²) in [6.07, 6.45) is 1.02. The van der Waals surface area contributed by atoms with E-state index in [-0.39, 0.29) is 43.0 Å². The fraction of sp³-hybridized carbons (Fsp3) is 0.341. The van der Waals surface area contributed by atoms with Crippen LogP contribution in [0, 0.1) is 0 Å². The zero-order valence-electron chi connectivity index (χ0n) is 29.3. The maximum absolute atomic E-state index is 13.9. The van der Waals surface area contributed by atoms with Gasteiger partial charge in [-0.15, -0.1) is 0 Å².